The van der Waals surface area contributed by atoms with Gasteiger partial charge < -0.3 is 16.4 Å². The molecular formula is C13H19ClFN3O2S. The van der Waals surface area contributed by atoms with Crippen LogP contribution in [-0.2, 0) is 9.59 Å². The monoisotopic (exact) mass is 335 g/mol. The van der Waals surface area contributed by atoms with Crippen molar-refractivity contribution in [3.63, 3.8) is 0 Å². The van der Waals surface area contributed by atoms with Crippen LogP contribution in [0, 0.1) is 5.82 Å². The van der Waals surface area contributed by atoms with Crippen molar-refractivity contribution >= 4 is 47.4 Å². The summed E-state index contributed by atoms with van der Waals surface area (Å²) in [4.78, 5) is 22.7. The van der Waals surface area contributed by atoms with Crippen molar-refractivity contribution in [2.24, 2.45) is 5.73 Å². The Morgan fingerprint density at radius 1 is 1.38 bits per heavy atom. The van der Waals surface area contributed by atoms with Gasteiger partial charge in [0, 0.05) is 12.6 Å². The number of anilines is 2. The molecule has 0 heterocycles. The second kappa shape index (κ2) is 9.59. The molecule has 1 aromatic carbocycles. The standard InChI is InChI=1S/C13H18FN3O2S.ClH/c1-8(18)16-12-7-9(3-4-10(12)14)17-13(19)11(15)5-6-20-2;/h3-4,7,11H,5-6,15H2,1-2H3,(H,16,18)(H,17,19);1H/t11-;/m0./s1. The number of carbonyl (C=O) groups excluding carboxylic acids is 2. The lowest BCUT2D eigenvalue weighted by Crippen LogP contribution is -2.36. The van der Waals surface area contributed by atoms with Crippen LogP contribution < -0.4 is 16.4 Å². The van der Waals surface area contributed by atoms with Crippen molar-refractivity contribution in [2.45, 2.75) is 19.4 Å². The number of thioether (sulfide) groups is 1. The molecule has 0 bridgehead atoms. The van der Waals surface area contributed by atoms with Crippen molar-refractivity contribution in [3.05, 3.63) is 24.0 Å². The SMILES string of the molecule is CSCC[C@H](N)C(=O)Nc1ccc(F)c(NC(C)=O)c1.Cl. The Bertz CT molecular complexity index is 502. The van der Waals surface area contributed by atoms with Gasteiger partial charge in [-0.1, -0.05) is 0 Å². The zero-order chi connectivity index (χ0) is 15.1. The molecule has 2 amide bonds. The fourth-order valence-corrected chi connectivity index (χ4v) is 1.99. The van der Waals surface area contributed by atoms with E-state index in [0.717, 1.165) is 5.75 Å². The van der Waals surface area contributed by atoms with Crippen LogP contribution in [0.2, 0.25) is 0 Å². The molecule has 0 aliphatic heterocycles. The van der Waals surface area contributed by atoms with E-state index in [1.807, 2.05) is 6.26 Å². The zero-order valence-electron chi connectivity index (χ0n) is 11.8. The van der Waals surface area contributed by atoms with Crippen LogP contribution in [0.1, 0.15) is 13.3 Å². The maximum absolute atomic E-state index is 13.4. The first-order chi connectivity index (χ1) is 9.43. The molecule has 5 nitrogen and oxygen atoms in total. The van der Waals surface area contributed by atoms with E-state index in [9.17, 15) is 14.0 Å². The van der Waals surface area contributed by atoms with Crippen LogP contribution in [-0.4, -0.2) is 29.9 Å². The maximum atomic E-state index is 13.4. The molecule has 0 aliphatic rings. The van der Waals surface area contributed by atoms with E-state index < -0.39 is 11.9 Å². The Kier molecular flexibility index (Phi) is 9.00. The van der Waals surface area contributed by atoms with Gasteiger partial charge in [-0.3, -0.25) is 9.59 Å². The van der Waals surface area contributed by atoms with Crippen LogP contribution >= 0.6 is 24.2 Å². The van der Waals surface area contributed by atoms with Crippen molar-refractivity contribution in [1.82, 2.24) is 0 Å². The van der Waals surface area contributed by atoms with E-state index in [-0.39, 0.29) is 29.9 Å². The highest BCUT2D eigenvalue weighted by Crippen LogP contribution is 2.19. The van der Waals surface area contributed by atoms with E-state index in [4.69, 9.17) is 5.73 Å². The number of hydrogen-bond acceptors (Lipinski definition) is 4. The molecule has 0 unspecified atom stereocenters. The molecule has 1 atom stereocenters. The smallest absolute Gasteiger partial charge is 0.241 e. The molecule has 0 fully saturated rings. The summed E-state index contributed by atoms with van der Waals surface area (Å²) >= 11 is 1.61. The summed E-state index contributed by atoms with van der Waals surface area (Å²) in [5.41, 5.74) is 6.14. The first-order valence-electron chi connectivity index (χ1n) is 6.06. The number of rotatable bonds is 6. The molecule has 0 radical (unpaired) electrons. The Hall–Kier alpha value is -1.31. The molecule has 0 spiro atoms. The van der Waals surface area contributed by atoms with Crippen molar-refractivity contribution < 1.29 is 14.0 Å². The third-order valence-electron chi connectivity index (χ3n) is 2.51. The van der Waals surface area contributed by atoms with Crippen molar-refractivity contribution in [3.8, 4) is 0 Å². The van der Waals surface area contributed by atoms with Gasteiger partial charge in [-0.15, -0.1) is 12.4 Å². The number of nitrogens with one attached hydrogen (secondary N) is 2. The zero-order valence-corrected chi connectivity index (χ0v) is 13.4. The van der Waals surface area contributed by atoms with E-state index in [1.54, 1.807) is 11.8 Å². The summed E-state index contributed by atoms with van der Waals surface area (Å²) in [6, 6.07) is 3.33. The van der Waals surface area contributed by atoms with Crippen molar-refractivity contribution in [1.29, 1.82) is 0 Å². The highest BCUT2D eigenvalue weighted by molar-refractivity contribution is 7.98. The molecule has 118 valence electrons. The summed E-state index contributed by atoms with van der Waals surface area (Å²) in [7, 11) is 0. The second-order valence-corrected chi connectivity index (χ2v) is 5.24. The number of amides is 2. The Balaban J connectivity index is 0.00000400. The van der Waals surface area contributed by atoms with E-state index in [2.05, 4.69) is 10.6 Å². The lowest BCUT2D eigenvalue weighted by atomic mass is 10.2. The molecule has 1 rings (SSSR count). The molecule has 0 saturated carbocycles. The Labute approximate surface area is 133 Å². The normalized spacial score (nSPS) is 11.2. The van der Waals surface area contributed by atoms with Gasteiger partial charge in [-0.25, -0.2) is 4.39 Å². The minimum atomic E-state index is -0.614. The highest BCUT2D eigenvalue weighted by atomic mass is 35.5. The topological polar surface area (TPSA) is 84.2 Å². The second-order valence-electron chi connectivity index (χ2n) is 4.25. The van der Waals surface area contributed by atoms with Gasteiger partial charge in [0.25, 0.3) is 0 Å². The molecule has 4 N–H and O–H groups in total. The molecule has 21 heavy (non-hydrogen) atoms. The van der Waals surface area contributed by atoms with Crippen LogP contribution in [0.25, 0.3) is 0 Å². The first-order valence-corrected chi connectivity index (χ1v) is 7.46. The van der Waals surface area contributed by atoms with E-state index >= 15 is 0 Å². The Morgan fingerprint density at radius 2 is 2.05 bits per heavy atom. The van der Waals surface area contributed by atoms with E-state index in [0.29, 0.717) is 12.1 Å². The average Bonchev–Trinajstić information content (AvgIpc) is 2.39. The quantitative estimate of drug-likeness (QED) is 0.744. The van der Waals surface area contributed by atoms with Gasteiger partial charge in [0.15, 0.2) is 0 Å². The summed E-state index contributed by atoms with van der Waals surface area (Å²) in [5.74, 6) is -0.497. The molecular weight excluding hydrogens is 317 g/mol. The largest absolute Gasteiger partial charge is 0.325 e. The number of halogens is 2. The number of hydrogen-bond donors (Lipinski definition) is 3. The van der Waals surface area contributed by atoms with Crippen LogP contribution in [0.15, 0.2) is 18.2 Å². The highest BCUT2D eigenvalue weighted by Gasteiger charge is 2.14. The van der Waals surface area contributed by atoms with Crippen LogP contribution in [0.5, 0.6) is 0 Å². The average molecular weight is 336 g/mol. The lowest BCUT2D eigenvalue weighted by molar-refractivity contribution is -0.117. The van der Waals surface area contributed by atoms with Gasteiger partial charge >= 0.3 is 0 Å². The van der Waals surface area contributed by atoms with Gasteiger partial charge in [-0.05, 0) is 36.6 Å². The number of nitrogens with two attached hydrogens (primary N) is 1. The molecule has 0 aliphatic carbocycles. The lowest BCUT2D eigenvalue weighted by Gasteiger charge is -2.13. The summed E-state index contributed by atoms with van der Waals surface area (Å²) in [6.07, 6.45) is 2.50. The molecule has 0 saturated heterocycles. The molecule has 1 aromatic rings. The predicted octanol–water partition coefficient (Wildman–Crippen LogP) is 2.22. The van der Waals surface area contributed by atoms with E-state index in [1.165, 1.54) is 25.1 Å². The fraction of sp³-hybridized carbons (Fsp3) is 0.385. The Morgan fingerprint density at radius 3 is 2.62 bits per heavy atom. The van der Waals surface area contributed by atoms with Gasteiger partial charge in [0.1, 0.15) is 5.82 Å². The summed E-state index contributed by atoms with van der Waals surface area (Å²) in [5, 5.41) is 4.95. The minimum absolute atomic E-state index is 0. The maximum Gasteiger partial charge on any atom is 0.241 e. The summed E-state index contributed by atoms with van der Waals surface area (Å²) in [6.45, 7) is 1.28. The van der Waals surface area contributed by atoms with Crippen molar-refractivity contribution in [2.75, 3.05) is 22.6 Å². The van der Waals surface area contributed by atoms with Crippen LogP contribution in [0.4, 0.5) is 15.8 Å². The fourth-order valence-electron chi connectivity index (χ4n) is 1.50. The molecule has 8 heteroatoms. The number of carbonyl (C=O) groups is 2. The van der Waals surface area contributed by atoms with Gasteiger partial charge in [0.05, 0.1) is 11.7 Å². The van der Waals surface area contributed by atoms with Crippen LogP contribution in [0.3, 0.4) is 0 Å². The predicted molar refractivity (Wildman–Crippen MR) is 87.6 cm³/mol. The summed E-state index contributed by atoms with van der Waals surface area (Å²) < 4.78 is 13.4. The third kappa shape index (κ3) is 6.79. The first kappa shape index (κ1) is 19.7. The van der Waals surface area contributed by atoms with Gasteiger partial charge in [-0.2, -0.15) is 11.8 Å². The minimum Gasteiger partial charge on any atom is -0.325 e. The molecule has 0 aromatic heterocycles. The number of benzene rings is 1. The van der Waals surface area contributed by atoms with Gasteiger partial charge in [0.2, 0.25) is 11.8 Å². The third-order valence-corrected chi connectivity index (χ3v) is 3.16.